The van der Waals surface area contributed by atoms with Crippen molar-refractivity contribution in [1.29, 1.82) is 0 Å². The second-order valence-corrected chi connectivity index (χ2v) is 5.97. The van der Waals surface area contributed by atoms with Crippen molar-refractivity contribution in [2.45, 2.75) is 13.0 Å². The fourth-order valence-corrected chi connectivity index (χ4v) is 3.12. The Morgan fingerprint density at radius 2 is 1.87 bits per heavy atom. The number of halogens is 1. The third-order valence-corrected chi connectivity index (χ3v) is 4.36. The first-order valence-corrected chi connectivity index (χ1v) is 7.93. The van der Waals surface area contributed by atoms with Gasteiger partial charge >= 0.3 is 0 Å². The van der Waals surface area contributed by atoms with Crippen LogP contribution in [-0.4, -0.2) is 18.0 Å². The van der Waals surface area contributed by atoms with Crippen LogP contribution in [0.1, 0.15) is 17.7 Å². The molecule has 116 valence electrons. The first kappa shape index (κ1) is 14.2. The highest BCUT2D eigenvalue weighted by atomic mass is 19.1. The Bertz CT molecular complexity index is 814. The van der Waals surface area contributed by atoms with Crippen molar-refractivity contribution in [3.63, 3.8) is 0 Å². The van der Waals surface area contributed by atoms with Crippen molar-refractivity contribution < 1.29 is 8.81 Å². The number of fused-ring (bicyclic) bond motifs is 1. The number of hydrogen-bond acceptors (Lipinski definition) is 2. The Kier molecular flexibility index (Phi) is 3.72. The van der Waals surface area contributed by atoms with E-state index in [4.69, 9.17) is 4.42 Å². The zero-order valence-corrected chi connectivity index (χ0v) is 12.8. The largest absolute Gasteiger partial charge is 0.460 e. The van der Waals surface area contributed by atoms with Gasteiger partial charge in [-0.15, -0.1) is 0 Å². The average molecular weight is 307 g/mol. The topological polar surface area (TPSA) is 16.4 Å². The van der Waals surface area contributed by atoms with Gasteiger partial charge in [-0.1, -0.05) is 36.4 Å². The smallest absolute Gasteiger partial charge is 0.134 e. The second kappa shape index (κ2) is 6.01. The van der Waals surface area contributed by atoms with Crippen LogP contribution in [0.5, 0.6) is 0 Å². The molecule has 0 unspecified atom stereocenters. The van der Waals surface area contributed by atoms with Crippen LogP contribution in [-0.2, 0) is 6.54 Å². The minimum Gasteiger partial charge on any atom is -0.460 e. The molecule has 0 spiro atoms. The van der Waals surface area contributed by atoms with Crippen LogP contribution < -0.4 is 0 Å². The van der Waals surface area contributed by atoms with Gasteiger partial charge < -0.3 is 4.42 Å². The summed E-state index contributed by atoms with van der Waals surface area (Å²) in [6, 6.07) is 17.0. The molecule has 4 rings (SSSR count). The SMILES string of the molecule is Fc1ccc(C2=CCN(Cc3cc4ccccc4o3)CC2)cc1. The molecule has 0 atom stereocenters. The molecular formula is C20H18FNO. The zero-order chi connectivity index (χ0) is 15.6. The van der Waals surface area contributed by atoms with E-state index >= 15 is 0 Å². The summed E-state index contributed by atoms with van der Waals surface area (Å²) < 4.78 is 18.9. The van der Waals surface area contributed by atoms with Crippen LogP contribution in [0.25, 0.3) is 16.5 Å². The predicted octanol–water partition coefficient (Wildman–Crippen LogP) is 4.86. The van der Waals surface area contributed by atoms with Gasteiger partial charge in [0.1, 0.15) is 17.2 Å². The van der Waals surface area contributed by atoms with E-state index in [-0.39, 0.29) is 5.82 Å². The molecule has 0 saturated heterocycles. The van der Waals surface area contributed by atoms with Crippen LogP contribution in [0.15, 0.2) is 65.1 Å². The van der Waals surface area contributed by atoms with Gasteiger partial charge in [-0.25, -0.2) is 4.39 Å². The number of nitrogens with zero attached hydrogens (tertiary/aromatic N) is 1. The third-order valence-electron chi connectivity index (χ3n) is 4.36. The fourth-order valence-electron chi connectivity index (χ4n) is 3.12. The first-order chi connectivity index (χ1) is 11.3. The molecule has 0 aliphatic carbocycles. The van der Waals surface area contributed by atoms with Gasteiger partial charge in [0.25, 0.3) is 0 Å². The Hall–Kier alpha value is -2.39. The minimum absolute atomic E-state index is 0.184. The molecule has 1 aromatic heterocycles. The lowest BCUT2D eigenvalue weighted by Crippen LogP contribution is -2.27. The van der Waals surface area contributed by atoms with Crippen molar-refractivity contribution in [1.82, 2.24) is 4.90 Å². The maximum Gasteiger partial charge on any atom is 0.134 e. The van der Waals surface area contributed by atoms with Crippen LogP contribution >= 0.6 is 0 Å². The lowest BCUT2D eigenvalue weighted by Gasteiger charge is -2.25. The Labute approximate surface area is 134 Å². The first-order valence-electron chi connectivity index (χ1n) is 7.93. The second-order valence-electron chi connectivity index (χ2n) is 5.97. The number of rotatable bonds is 3. The summed E-state index contributed by atoms with van der Waals surface area (Å²) in [5.41, 5.74) is 3.36. The summed E-state index contributed by atoms with van der Waals surface area (Å²) in [5, 5.41) is 1.15. The van der Waals surface area contributed by atoms with Gasteiger partial charge in [0.05, 0.1) is 6.54 Å². The van der Waals surface area contributed by atoms with E-state index < -0.39 is 0 Å². The predicted molar refractivity (Wildman–Crippen MR) is 90.5 cm³/mol. The summed E-state index contributed by atoms with van der Waals surface area (Å²) in [5.74, 6) is 0.821. The van der Waals surface area contributed by atoms with Gasteiger partial charge in [-0.05, 0) is 41.8 Å². The highest BCUT2D eigenvalue weighted by Gasteiger charge is 2.15. The molecule has 3 heteroatoms. The van der Waals surface area contributed by atoms with E-state index in [1.165, 1.54) is 17.7 Å². The van der Waals surface area contributed by atoms with E-state index in [2.05, 4.69) is 23.1 Å². The molecule has 2 nitrogen and oxygen atoms in total. The van der Waals surface area contributed by atoms with Crippen molar-refractivity contribution in [3.05, 3.63) is 77.8 Å². The van der Waals surface area contributed by atoms with Crippen LogP contribution in [0.2, 0.25) is 0 Å². The van der Waals surface area contributed by atoms with Gasteiger partial charge in [-0.3, -0.25) is 4.90 Å². The minimum atomic E-state index is -0.184. The van der Waals surface area contributed by atoms with E-state index in [1.807, 2.05) is 30.3 Å². The molecule has 2 aromatic carbocycles. The lowest BCUT2D eigenvalue weighted by atomic mass is 9.99. The highest BCUT2D eigenvalue weighted by Crippen LogP contribution is 2.25. The monoisotopic (exact) mass is 307 g/mol. The average Bonchev–Trinajstić information content (AvgIpc) is 2.98. The number of benzene rings is 2. The Morgan fingerprint density at radius 1 is 1.04 bits per heavy atom. The molecule has 2 heterocycles. The van der Waals surface area contributed by atoms with Crippen molar-refractivity contribution in [3.8, 4) is 0 Å². The zero-order valence-electron chi connectivity index (χ0n) is 12.8. The molecule has 0 saturated carbocycles. The summed E-state index contributed by atoms with van der Waals surface area (Å²) in [7, 11) is 0. The maximum absolute atomic E-state index is 13.0. The molecule has 0 fully saturated rings. The Balaban J connectivity index is 1.45. The van der Waals surface area contributed by atoms with Crippen molar-refractivity contribution in [2.24, 2.45) is 0 Å². The van der Waals surface area contributed by atoms with Crippen LogP contribution in [0, 0.1) is 5.82 Å². The molecule has 0 bridgehead atoms. The lowest BCUT2D eigenvalue weighted by molar-refractivity contribution is 0.270. The van der Waals surface area contributed by atoms with E-state index in [0.717, 1.165) is 48.3 Å². The maximum atomic E-state index is 13.0. The molecule has 1 aliphatic heterocycles. The van der Waals surface area contributed by atoms with Gasteiger partial charge in [-0.2, -0.15) is 0 Å². The molecule has 0 amide bonds. The van der Waals surface area contributed by atoms with Gasteiger partial charge in [0.2, 0.25) is 0 Å². The van der Waals surface area contributed by atoms with E-state index in [9.17, 15) is 4.39 Å². The molecule has 23 heavy (non-hydrogen) atoms. The quantitative estimate of drug-likeness (QED) is 0.687. The highest BCUT2D eigenvalue weighted by molar-refractivity contribution is 5.77. The summed E-state index contributed by atoms with van der Waals surface area (Å²) in [6.45, 7) is 2.70. The normalized spacial score (nSPS) is 15.8. The van der Waals surface area contributed by atoms with E-state index in [1.54, 1.807) is 0 Å². The Morgan fingerprint density at radius 3 is 2.61 bits per heavy atom. The molecule has 3 aromatic rings. The van der Waals surface area contributed by atoms with Crippen molar-refractivity contribution in [2.75, 3.05) is 13.1 Å². The summed E-state index contributed by atoms with van der Waals surface area (Å²) >= 11 is 0. The number of hydrogen-bond donors (Lipinski definition) is 0. The standard InChI is InChI=1S/C20H18FNO/c21-18-7-5-15(6-8-18)16-9-11-22(12-10-16)14-19-13-17-3-1-2-4-20(17)23-19/h1-9,13H,10-12,14H2. The third kappa shape index (κ3) is 3.06. The van der Waals surface area contributed by atoms with Crippen LogP contribution in [0.3, 0.4) is 0 Å². The van der Waals surface area contributed by atoms with Gasteiger partial charge in [0, 0.05) is 18.5 Å². The molecule has 1 aliphatic rings. The number of furan rings is 1. The summed E-state index contributed by atoms with van der Waals surface area (Å²) in [6.07, 6.45) is 3.21. The summed E-state index contributed by atoms with van der Waals surface area (Å²) in [4.78, 5) is 2.37. The van der Waals surface area contributed by atoms with E-state index in [0.29, 0.717) is 0 Å². The number of para-hydroxylation sites is 1. The molecular weight excluding hydrogens is 289 g/mol. The van der Waals surface area contributed by atoms with Crippen LogP contribution in [0.4, 0.5) is 4.39 Å². The molecule has 0 N–H and O–H groups in total. The molecule has 0 radical (unpaired) electrons. The fraction of sp³-hybridized carbons (Fsp3) is 0.200. The van der Waals surface area contributed by atoms with Crippen molar-refractivity contribution >= 4 is 16.5 Å². The van der Waals surface area contributed by atoms with Gasteiger partial charge in [0.15, 0.2) is 0 Å².